The van der Waals surface area contributed by atoms with Crippen LogP contribution in [-0.4, -0.2) is 27.5 Å². The molecule has 0 saturated carbocycles. The largest absolute Gasteiger partial charge is 0.505 e. The number of hydrogen-bond donors (Lipinski definition) is 2. The molecule has 5 nitrogen and oxygen atoms in total. The first-order valence-electron chi connectivity index (χ1n) is 5.58. The van der Waals surface area contributed by atoms with Gasteiger partial charge in [-0.2, -0.15) is 0 Å². The normalized spacial score (nSPS) is 10.0. The molecule has 2 N–H and O–H groups in total. The molecule has 0 aliphatic heterocycles. The van der Waals surface area contributed by atoms with Crippen molar-refractivity contribution in [2.75, 3.05) is 6.54 Å². The summed E-state index contributed by atoms with van der Waals surface area (Å²) in [6.07, 6.45) is 5.60. The molecule has 2 aromatic heterocycles. The molecular formula is C13H13N3O2. The molecule has 0 atom stereocenters. The number of nitrogens with zero attached hydrogens (tertiary/aromatic N) is 2. The Bertz CT molecular complexity index is 529. The molecule has 5 heteroatoms. The van der Waals surface area contributed by atoms with Crippen LogP contribution in [0.15, 0.2) is 42.9 Å². The molecule has 2 aromatic rings. The van der Waals surface area contributed by atoms with E-state index in [2.05, 4.69) is 15.3 Å². The Balaban J connectivity index is 1.88. The van der Waals surface area contributed by atoms with Crippen molar-refractivity contribution in [1.82, 2.24) is 15.3 Å². The maximum Gasteiger partial charge on any atom is 0.273 e. The van der Waals surface area contributed by atoms with E-state index in [1.165, 1.54) is 12.3 Å². The number of carbonyl (C=O) groups excluding carboxylic acids is 1. The SMILES string of the molecule is O=C(NCCc1ccncc1)c1ncccc1O. The first-order valence-corrected chi connectivity index (χ1v) is 5.58. The summed E-state index contributed by atoms with van der Waals surface area (Å²) in [6, 6.07) is 6.79. The Morgan fingerprint density at radius 2 is 2.00 bits per heavy atom. The van der Waals surface area contributed by atoms with E-state index in [1.54, 1.807) is 18.5 Å². The fraction of sp³-hybridized carbons (Fsp3) is 0.154. The average molecular weight is 243 g/mol. The van der Waals surface area contributed by atoms with Crippen LogP contribution in [0.2, 0.25) is 0 Å². The van der Waals surface area contributed by atoms with Crippen molar-refractivity contribution in [2.24, 2.45) is 0 Å². The van der Waals surface area contributed by atoms with E-state index < -0.39 is 0 Å². The standard InChI is InChI=1S/C13H13N3O2/c17-11-2-1-6-15-12(11)13(18)16-9-5-10-3-7-14-8-4-10/h1-4,6-8,17H,5,9H2,(H,16,18). The van der Waals surface area contributed by atoms with Crippen LogP contribution in [0, 0.1) is 0 Å². The van der Waals surface area contributed by atoms with Crippen molar-refractivity contribution in [2.45, 2.75) is 6.42 Å². The summed E-state index contributed by atoms with van der Waals surface area (Å²) in [5.74, 6) is -0.485. The summed E-state index contributed by atoms with van der Waals surface area (Å²) in [5, 5.41) is 12.2. The smallest absolute Gasteiger partial charge is 0.273 e. The van der Waals surface area contributed by atoms with Gasteiger partial charge in [0.15, 0.2) is 5.69 Å². The summed E-state index contributed by atoms with van der Waals surface area (Å²) < 4.78 is 0. The van der Waals surface area contributed by atoms with Crippen molar-refractivity contribution >= 4 is 5.91 Å². The molecule has 0 aromatic carbocycles. The minimum Gasteiger partial charge on any atom is -0.505 e. The number of hydrogen-bond acceptors (Lipinski definition) is 4. The van der Waals surface area contributed by atoms with Gasteiger partial charge in [-0.05, 0) is 36.2 Å². The number of carbonyl (C=O) groups is 1. The molecule has 1 amide bonds. The molecule has 2 rings (SSSR count). The first kappa shape index (κ1) is 12.0. The summed E-state index contributed by atoms with van der Waals surface area (Å²) in [6.45, 7) is 0.485. The van der Waals surface area contributed by atoms with Crippen LogP contribution >= 0.6 is 0 Å². The van der Waals surface area contributed by atoms with Gasteiger partial charge in [0, 0.05) is 25.1 Å². The van der Waals surface area contributed by atoms with Gasteiger partial charge >= 0.3 is 0 Å². The van der Waals surface area contributed by atoms with Crippen LogP contribution in [0.4, 0.5) is 0 Å². The topological polar surface area (TPSA) is 75.1 Å². The zero-order valence-electron chi connectivity index (χ0n) is 9.71. The maximum atomic E-state index is 11.7. The van der Waals surface area contributed by atoms with Gasteiger partial charge in [0.1, 0.15) is 5.75 Å². The maximum absolute atomic E-state index is 11.7. The van der Waals surface area contributed by atoms with E-state index in [1.807, 2.05) is 12.1 Å². The monoisotopic (exact) mass is 243 g/mol. The highest BCUT2D eigenvalue weighted by Gasteiger charge is 2.10. The molecule has 0 bridgehead atoms. The highest BCUT2D eigenvalue weighted by Crippen LogP contribution is 2.11. The van der Waals surface area contributed by atoms with Crippen molar-refractivity contribution in [3.8, 4) is 5.75 Å². The summed E-state index contributed by atoms with van der Waals surface area (Å²) >= 11 is 0. The molecule has 0 saturated heterocycles. The molecule has 18 heavy (non-hydrogen) atoms. The van der Waals surface area contributed by atoms with Crippen molar-refractivity contribution in [3.05, 3.63) is 54.1 Å². The summed E-state index contributed by atoms with van der Waals surface area (Å²) in [7, 11) is 0. The van der Waals surface area contributed by atoms with Crippen LogP contribution in [0.5, 0.6) is 5.75 Å². The molecule has 0 fully saturated rings. The molecule has 92 valence electrons. The number of pyridine rings is 2. The average Bonchev–Trinajstić information content (AvgIpc) is 2.40. The van der Waals surface area contributed by atoms with Crippen LogP contribution in [0.1, 0.15) is 16.1 Å². The number of rotatable bonds is 4. The highest BCUT2D eigenvalue weighted by molar-refractivity contribution is 5.94. The second-order valence-electron chi connectivity index (χ2n) is 3.73. The lowest BCUT2D eigenvalue weighted by Gasteiger charge is -2.05. The molecule has 0 aliphatic rings. The Labute approximate surface area is 105 Å². The first-order chi connectivity index (χ1) is 8.77. The van der Waals surface area contributed by atoms with Gasteiger partial charge in [-0.3, -0.25) is 9.78 Å². The quantitative estimate of drug-likeness (QED) is 0.844. The van der Waals surface area contributed by atoms with Crippen molar-refractivity contribution in [3.63, 3.8) is 0 Å². The molecule has 0 unspecified atom stereocenters. The van der Waals surface area contributed by atoms with E-state index in [0.29, 0.717) is 13.0 Å². The van der Waals surface area contributed by atoms with Gasteiger partial charge in [0.05, 0.1) is 0 Å². The van der Waals surface area contributed by atoms with E-state index in [-0.39, 0.29) is 17.4 Å². The predicted octanol–water partition coefficient (Wildman–Crippen LogP) is 1.15. The minimum atomic E-state index is -0.373. The number of aromatic nitrogens is 2. The van der Waals surface area contributed by atoms with Gasteiger partial charge in [0.2, 0.25) is 0 Å². The third-order valence-corrected chi connectivity index (χ3v) is 2.45. The number of amides is 1. The molecule has 0 aliphatic carbocycles. The number of nitrogens with one attached hydrogen (secondary N) is 1. The third-order valence-electron chi connectivity index (χ3n) is 2.45. The Kier molecular flexibility index (Phi) is 3.86. The van der Waals surface area contributed by atoms with E-state index in [4.69, 9.17) is 0 Å². The van der Waals surface area contributed by atoms with Crippen LogP contribution in [-0.2, 0) is 6.42 Å². The molecule has 0 radical (unpaired) electrons. The molecular weight excluding hydrogens is 230 g/mol. The second-order valence-corrected chi connectivity index (χ2v) is 3.73. The summed E-state index contributed by atoms with van der Waals surface area (Å²) in [4.78, 5) is 19.5. The predicted molar refractivity (Wildman–Crippen MR) is 66.2 cm³/mol. The zero-order valence-corrected chi connectivity index (χ0v) is 9.71. The lowest BCUT2D eigenvalue weighted by molar-refractivity contribution is 0.0946. The lowest BCUT2D eigenvalue weighted by atomic mass is 10.2. The Hall–Kier alpha value is -2.43. The van der Waals surface area contributed by atoms with Gasteiger partial charge in [-0.1, -0.05) is 0 Å². The Morgan fingerprint density at radius 1 is 1.22 bits per heavy atom. The van der Waals surface area contributed by atoms with E-state index >= 15 is 0 Å². The van der Waals surface area contributed by atoms with Gasteiger partial charge in [-0.25, -0.2) is 4.98 Å². The fourth-order valence-corrected chi connectivity index (χ4v) is 1.53. The third kappa shape index (κ3) is 3.04. The van der Waals surface area contributed by atoms with Gasteiger partial charge in [-0.15, -0.1) is 0 Å². The molecule has 0 spiro atoms. The molecule has 2 heterocycles. The highest BCUT2D eigenvalue weighted by atomic mass is 16.3. The van der Waals surface area contributed by atoms with E-state index in [0.717, 1.165) is 5.56 Å². The fourth-order valence-electron chi connectivity index (χ4n) is 1.53. The Morgan fingerprint density at radius 3 is 2.72 bits per heavy atom. The van der Waals surface area contributed by atoms with E-state index in [9.17, 15) is 9.90 Å². The van der Waals surface area contributed by atoms with Crippen LogP contribution in [0.25, 0.3) is 0 Å². The number of aromatic hydroxyl groups is 1. The lowest BCUT2D eigenvalue weighted by Crippen LogP contribution is -2.26. The summed E-state index contributed by atoms with van der Waals surface area (Å²) in [5.41, 5.74) is 1.14. The van der Waals surface area contributed by atoms with Crippen LogP contribution < -0.4 is 5.32 Å². The van der Waals surface area contributed by atoms with Crippen LogP contribution in [0.3, 0.4) is 0 Å². The van der Waals surface area contributed by atoms with Gasteiger partial charge < -0.3 is 10.4 Å². The second kappa shape index (κ2) is 5.77. The minimum absolute atomic E-state index is 0.0484. The van der Waals surface area contributed by atoms with Gasteiger partial charge in [0.25, 0.3) is 5.91 Å². The zero-order chi connectivity index (χ0) is 12.8. The van der Waals surface area contributed by atoms with Crippen molar-refractivity contribution < 1.29 is 9.90 Å². The van der Waals surface area contributed by atoms with Crippen molar-refractivity contribution in [1.29, 1.82) is 0 Å².